The number of carbonyl (C=O) groups is 1. The van der Waals surface area contributed by atoms with E-state index < -0.39 is 5.60 Å². The number of carbonyl (C=O) groups excluding carboxylic acids is 1. The third-order valence-electron chi connectivity index (χ3n) is 4.95. The van der Waals surface area contributed by atoms with Crippen molar-refractivity contribution in [1.82, 2.24) is 24.8 Å². The lowest BCUT2D eigenvalue weighted by atomic mass is 10.2. The second-order valence-electron chi connectivity index (χ2n) is 8.42. The van der Waals surface area contributed by atoms with Crippen LogP contribution in [0.5, 0.6) is 0 Å². The number of rotatable bonds is 3. The summed E-state index contributed by atoms with van der Waals surface area (Å²) in [5.41, 5.74) is 0.323. The number of ether oxygens (including phenoxy) is 2. The van der Waals surface area contributed by atoms with Crippen molar-refractivity contribution in [2.75, 3.05) is 57.4 Å². The van der Waals surface area contributed by atoms with Crippen molar-refractivity contribution in [3.8, 4) is 0 Å². The number of amides is 1. The molecule has 0 saturated carbocycles. The quantitative estimate of drug-likeness (QED) is 0.654. The summed E-state index contributed by atoms with van der Waals surface area (Å²) < 4.78 is 10.9. The van der Waals surface area contributed by atoms with Crippen LogP contribution < -0.4 is 4.90 Å². The molecule has 0 aliphatic carbocycles. The average Bonchev–Trinajstić information content (AvgIpc) is 3.09. The van der Waals surface area contributed by atoms with Gasteiger partial charge in [-0.3, -0.25) is 4.90 Å². The number of fused-ring (bicyclic) bond motifs is 1. The predicted molar refractivity (Wildman–Crippen MR) is 116 cm³/mol. The van der Waals surface area contributed by atoms with Crippen molar-refractivity contribution in [2.45, 2.75) is 32.9 Å². The molecule has 11 heteroatoms. The monoisotopic (exact) mass is 454 g/mol. The minimum Gasteiger partial charge on any atom is -0.444 e. The molecule has 2 aromatic heterocycles. The zero-order chi connectivity index (χ0) is 21.3. The molecule has 9 nitrogen and oxygen atoms in total. The number of thiazole rings is 1. The zero-order valence-corrected chi connectivity index (χ0v) is 19.1. The lowest BCUT2D eigenvalue weighted by Crippen LogP contribution is -2.49. The molecule has 30 heavy (non-hydrogen) atoms. The van der Waals surface area contributed by atoms with Crippen molar-refractivity contribution in [3.63, 3.8) is 0 Å². The first-order valence-electron chi connectivity index (χ1n) is 10.1. The highest BCUT2D eigenvalue weighted by Crippen LogP contribution is 2.30. The molecule has 0 spiro atoms. The van der Waals surface area contributed by atoms with Gasteiger partial charge in [0.25, 0.3) is 0 Å². The maximum Gasteiger partial charge on any atom is 0.410 e. The van der Waals surface area contributed by atoms with Crippen molar-refractivity contribution in [3.05, 3.63) is 10.3 Å². The Balaban J connectivity index is 1.42. The van der Waals surface area contributed by atoms with Crippen molar-refractivity contribution in [2.24, 2.45) is 0 Å². The Morgan fingerprint density at radius 1 is 1.10 bits per heavy atom. The Kier molecular flexibility index (Phi) is 6.29. The van der Waals surface area contributed by atoms with E-state index in [-0.39, 0.29) is 11.4 Å². The van der Waals surface area contributed by atoms with Crippen LogP contribution >= 0.6 is 22.9 Å². The van der Waals surface area contributed by atoms with Crippen molar-refractivity contribution < 1.29 is 14.3 Å². The highest BCUT2D eigenvalue weighted by atomic mass is 35.5. The third kappa shape index (κ3) is 5.11. The molecule has 0 N–H and O–H groups in total. The molecule has 0 radical (unpaired) electrons. The van der Waals surface area contributed by atoms with Gasteiger partial charge in [-0.1, -0.05) is 11.3 Å². The molecule has 2 aliphatic heterocycles. The summed E-state index contributed by atoms with van der Waals surface area (Å²) >= 11 is 7.72. The molecule has 2 aliphatic rings. The van der Waals surface area contributed by atoms with Crippen LogP contribution in [0.4, 0.5) is 10.6 Å². The summed E-state index contributed by atoms with van der Waals surface area (Å²) in [7, 11) is 0. The fraction of sp³-hybridized carbons (Fsp3) is 0.684. The minimum atomic E-state index is -0.476. The van der Waals surface area contributed by atoms with Gasteiger partial charge in [0.1, 0.15) is 16.1 Å². The van der Waals surface area contributed by atoms with Crippen molar-refractivity contribution in [1.29, 1.82) is 0 Å². The van der Waals surface area contributed by atoms with Crippen LogP contribution in [0, 0.1) is 0 Å². The van der Waals surface area contributed by atoms with Crippen molar-refractivity contribution >= 4 is 45.2 Å². The first-order chi connectivity index (χ1) is 14.3. The third-order valence-corrected chi connectivity index (χ3v) is 6.05. The topological polar surface area (TPSA) is 83.9 Å². The molecular formula is C19H27ClN6O3S. The number of hydrogen-bond acceptors (Lipinski definition) is 9. The Bertz CT molecular complexity index is 904. The molecule has 2 aromatic rings. The number of piperazine rings is 1. The van der Waals surface area contributed by atoms with E-state index >= 15 is 0 Å². The summed E-state index contributed by atoms with van der Waals surface area (Å²) in [5, 5.41) is 1.21. The summed E-state index contributed by atoms with van der Waals surface area (Å²) in [4.78, 5) is 32.9. The molecule has 0 atom stereocenters. The summed E-state index contributed by atoms with van der Waals surface area (Å²) in [5.74, 6) is 0.783. The fourth-order valence-corrected chi connectivity index (χ4v) is 4.68. The van der Waals surface area contributed by atoms with Crippen LogP contribution in [0.3, 0.4) is 0 Å². The summed E-state index contributed by atoms with van der Waals surface area (Å²) in [6.45, 7) is 12.1. The Morgan fingerprint density at radius 3 is 2.47 bits per heavy atom. The van der Waals surface area contributed by atoms with E-state index in [9.17, 15) is 4.79 Å². The van der Waals surface area contributed by atoms with Crippen LogP contribution in [0.2, 0.25) is 5.28 Å². The lowest BCUT2D eigenvalue weighted by molar-refractivity contribution is 0.0139. The molecule has 1 amide bonds. The van der Waals surface area contributed by atoms with Crippen LogP contribution in [0.25, 0.3) is 10.3 Å². The fourth-order valence-electron chi connectivity index (χ4n) is 3.50. The minimum absolute atomic E-state index is 0.241. The Morgan fingerprint density at radius 2 is 1.80 bits per heavy atom. The summed E-state index contributed by atoms with van der Waals surface area (Å²) in [6, 6.07) is 0. The zero-order valence-electron chi connectivity index (χ0n) is 17.6. The number of aromatic nitrogens is 3. The number of halogens is 1. The van der Waals surface area contributed by atoms with E-state index in [2.05, 4.69) is 19.8 Å². The first kappa shape index (κ1) is 21.5. The van der Waals surface area contributed by atoms with Gasteiger partial charge < -0.3 is 19.3 Å². The predicted octanol–water partition coefficient (Wildman–Crippen LogP) is 2.63. The van der Waals surface area contributed by atoms with E-state index in [1.165, 1.54) is 0 Å². The highest BCUT2D eigenvalue weighted by Gasteiger charge is 2.27. The molecule has 2 saturated heterocycles. The largest absolute Gasteiger partial charge is 0.444 e. The number of anilines is 1. The van der Waals surface area contributed by atoms with Gasteiger partial charge in [-0.25, -0.2) is 14.8 Å². The molecule has 0 aromatic carbocycles. The van der Waals surface area contributed by atoms with Gasteiger partial charge in [0.15, 0.2) is 10.6 Å². The van der Waals surface area contributed by atoms with Crippen LogP contribution in [0.15, 0.2) is 0 Å². The van der Waals surface area contributed by atoms with E-state index in [0.29, 0.717) is 32.8 Å². The molecule has 0 bridgehead atoms. The molecule has 0 unspecified atom stereocenters. The Labute approximate surface area is 184 Å². The van der Waals surface area contributed by atoms with Crippen LogP contribution in [0.1, 0.15) is 25.8 Å². The number of hydrogen-bond donors (Lipinski definition) is 0. The lowest BCUT2D eigenvalue weighted by Gasteiger charge is -2.35. The van der Waals surface area contributed by atoms with Crippen LogP contribution in [-0.4, -0.2) is 88.9 Å². The average molecular weight is 455 g/mol. The van der Waals surface area contributed by atoms with Gasteiger partial charge in [0.2, 0.25) is 5.28 Å². The van der Waals surface area contributed by atoms with Gasteiger partial charge in [-0.2, -0.15) is 4.98 Å². The Hall–Kier alpha value is -1.75. The number of nitrogens with zero attached hydrogens (tertiary/aromatic N) is 6. The highest BCUT2D eigenvalue weighted by molar-refractivity contribution is 7.18. The van der Waals surface area contributed by atoms with Crippen LogP contribution in [-0.2, 0) is 16.0 Å². The number of morpholine rings is 1. The van der Waals surface area contributed by atoms with E-state index in [4.69, 9.17) is 26.1 Å². The van der Waals surface area contributed by atoms with E-state index in [1.807, 2.05) is 20.8 Å². The molecular weight excluding hydrogens is 428 g/mol. The standard InChI is InChI=1S/C19H27ClN6O3S/c1-19(2,3)29-18(27)26-6-4-24(5-7-26)12-13-21-14-15(25-8-10-28-11-9-25)22-17(20)23-16(14)30-13/h4-12H2,1-3H3. The van der Waals surface area contributed by atoms with Gasteiger partial charge in [-0.05, 0) is 32.4 Å². The second-order valence-corrected chi connectivity index (χ2v) is 9.82. The van der Waals surface area contributed by atoms with Gasteiger partial charge in [0.05, 0.1) is 19.8 Å². The molecule has 164 valence electrons. The van der Waals surface area contributed by atoms with Gasteiger partial charge in [0, 0.05) is 39.3 Å². The first-order valence-corrected chi connectivity index (χ1v) is 11.3. The smallest absolute Gasteiger partial charge is 0.410 e. The normalized spacial score (nSPS) is 18.8. The maximum atomic E-state index is 12.2. The summed E-state index contributed by atoms with van der Waals surface area (Å²) in [6.07, 6.45) is -0.248. The molecule has 4 heterocycles. The van der Waals surface area contributed by atoms with E-state index in [0.717, 1.165) is 47.4 Å². The van der Waals surface area contributed by atoms with Gasteiger partial charge in [-0.15, -0.1) is 0 Å². The SMILES string of the molecule is CC(C)(C)OC(=O)N1CCN(Cc2nc3c(N4CCOCC4)nc(Cl)nc3s2)CC1. The van der Waals surface area contributed by atoms with E-state index in [1.54, 1.807) is 16.2 Å². The molecule has 2 fully saturated rings. The maximum absolute atomic E-state index is 12.2. The van der Waals surface area contributed by atoms with Gasteiger partial charge >= 0.3 is 6.09 Å². The molecule has 4 rings (SSSR count). The second kappa shape index (κ2) is 8.78.